The molecule has 2 fully saturated rings. The van der Waals surface area contributed by atoms with E-state index in [4.69, 9.17) is 9.47 Å². The smallest absolute Gasteiger partial charge is 0.312 e. The zero-order chi connectivity index (χ0) is 22.2. The Morgan fingerprint density at radius 3 is 2.81 bits per heavy atom. The van der Waals surface area contributed by atoms with Crippen molar-refractivity contribution in [3.05, 3.63) is 24.3 Å². The minimum atomic E-state index is -1.21. The maximum atomic E-state index is 13.8. The van der Waals surface area contributed by atoms with Gasteiger partial charge in [-0.05, 0) is 26.2 Å². The van der Waals surface area contributed by atoms with Crippen LogP contribution >= 0.6 is 0 Å². The van der Waals surface area contributed by atoms with E-state index in [0.717, 1.165) is 12.8 Å². The molecule has 2 amide bonds. The van der Waals surface area contributed by atoms with Crippen molar-refractivity contribution in [2.45, 2.75) is 63.3 Å². The molecule has 4 heterocycles. The number of aliphatic hydroxyl groups excluding tert-OH is 1. The summed E-state index contributed by atoms with van der Waals surface area (Å²) in [5.41, 5.74) is -1.21. The summed E-state index contributed by atoms with van der Waals surface area (Å²) in [5, 5.41) is 9.38. The first-order valence-electron chi connectivity index (χ1n) is 11.4. The van der Waals surface area contributed by atoms with Crippen LogP contribution in [0.25, 0.3) is 0 Å². The monoisotopic (exact) mass is 432 g/mol. The molecule has 8 nitrogen and oxygen atoms in total. The Hall–Kier alpha value is -2.19. The molecule has 170 valence electrons. The van der Waals surface area contributed by atoms with Crippen LogP contribution in [0.5, 0.6) is 0 Å². The van der Waals surface area contributed by atoms with Crippen LogP contribution in [0.15, 0.2) is 24.3 Å². The summed E-state index contributed by atoms with van der Waals surface area (Å²) in [5.74, 6) is -2.50. The van der Waals surface area contributed by atoms with E-state index < -0.39 is 35.6 Å². The van der Waals surface area contributed by atoms with Gasteiger partial charge in [0, 0.05) is 25.7 Å². The predicted molar refractivity (Wildman–Crippen MR) is 112 cm³/mol. The summed E-state index contributed by atoms with van der Waals surface area (Å²) in [6.07, 6.45) is 9.60. The van der Waals surface area contributed by atoms with E-state index in [2.05, 4.69) is 6.92 Å². The van der Waals surface area contributed by atoms with Crippen LogP contribution in [0.3, 0.4) is 0 Å². The van der Waals surface area contributed by atoms with Gasteiger partial charge < -0.3 is 24.4 Å². The van der Waals surface area contributed by atoms with Crippen LogP contribution in [0, 0.1) is 11.8 Å². The number of hydrogen-bond acceptors (Lipinski definition) is 6. The van der Waals surface area contributed by atoms with Crippen molar-refractivity contribution in [1.29, 1.82) is 0 Å². The van der Waals surface area contributed by atoms with Crippen LogP contribution in [0.4, 0.5) is 0 Å². The normalized spacial score (nSPS) is 35.8. The number of aliphatic hydroxyl groups is 1. The zero-order valence-electron chi connectivity index (χ0n) is 18.2. The van der Waals surface area contributed by atoms with Gasteiger partial charge in [-0.3, -0.25) is 14.4 Å². The Kier molecular flexibility index (Phi) is 6.21. The second-order valence-corrected chi connectivity index (χ2v) is 8.87. The van der Waals surface area contributed by atoms with Crippen LogP contribution in [0.1, 0.15) is 39.5 Å². The third-order valence-electron chi connectivity index (χ3n) is 6.95. The van der Waals surface area contributed by atoms with Gasteiger partial charge in [-0.25, -0.2) is 0 Å². The van der Waals surface area contributed by atoms with Gasteiger partial charge in [0.2, 0.25) is 11.8 Å². The van der Waals surface area contributed by atoms with Crippen molar-refractivity contribution in [3.63, 3.8) is 0 Å². The highest BCUT2D eigenvalue weighted by Crippen LogP contribution is 2.53. The first-order valence-corrected chi connectivity index (χ1v) is 11.4. The lowest BCUT2D eigenvalue weighted by Crippen LogP contribution is -2.56. The van der Waals surface area contributed by atoms with Gasteiger partial charge in [-0.15, -0.1) is 0 Å². The molecule has 4 rings (SSSR count). The van der Waals surface area contributed by atoms with Crippen LogP contribution < -0.4 is 0 Å². The highest BCUT2D eigenvalue weighted by atomic mass is 16.6. The van der Waals surface area contributed by atoms with Gasteiger partial charge in [0.05, 0.1) is 18.6 Å². The molecule has 2 unspecified atom stereocenters. The van der Waals surface area contributed by atoms with Gasteiger partial charge in [-0.1, -0.05) is 37.6 Å². The number of carbonyl (C=O) groups excluding carboxylic acids is 3. The van der Waals surface area contributed by atoms with Crippen molar-refractivity contribution in [2.75, 3.05) is 26.3 Å². The molecule has 0 aromatic heterocycles. The second kappa shape index (κ2) is 8.74. The van der Waals surface area contributed by atoms with E-state index in [9.17, 15) is 19.5 Å². The summed E-state index contributed by atoms with van der Waals surface area (Å²) < 4.78 is 11.9. The molecular weight excluding hydrogens is 400 g/mol. The minimum absolute atomic E-state index is 0.0195. The number of nitrogens with zero attached hydrogens (tertiary/aromatic N) is 2. The van der Waals surface area contributed by atoms with Crippen molar-refractivity contribution >= 4 is 17.8 Å². The molecule has 4 aliphatic heterocycles. The molecule has 0 radical (unpaired) electrons. The molecule has 0 aromatic rings. The molecule has 2 saturated heterocycles. The molecule has 0 bridgehead atoms. The van der Waals surface area contributed by atoms with E-state index in [0.29, 0.717) is 19.4 Å². The highest BCUT2D eigenvalue weighted by Gasteiger charge is 2.71. The lowest BCUT2D eigenvalue weighted by molar-refractivity contribution is -0.155. The Morgan fingerprint density at radius 2 is 2.06 bits per heavy atom. The van der Waals surface area contributed by atoms with Crippen molar-refractivity contribution < 1.29 is 29.0 Å². The molecule has 6 atom stereocenters. The summed E-state index contributed by atoms with van der Waals surface area (Å²) in [6.45, 7) is 4.94. The summed E-state index contributed by atoms with van der Waals surface area (Å²) in [7, 11) is 0. The highest BCUT2D eigenvalue weighted by molar-refractivity contribution is 5.99. The van der Waals surface area contributed by atoms with Gasteiger partial charge in [-0.2, -0.15) is 0 Å². The minimum Gasteiger partial charge on any atom is -0.465 e. The molecule has 1 N–H and O–H groups in total. The quantitative estimate of drug-likeness (QED) is 0.498. The average molecular weight is 433 g/mol. The molecule has 8 heteroatoms. The fourth-order valence-electron chi connectivity index (χ4n) is 5.58. The average Bonchev–Trinajstić information content (AvgIpc) is 3.10. The lowest BCUT2D eigenvalue weighted by Gasteiger charge is -2.37. The number of likely N-dealkylation sites (tertiary alicyclic amines) is 1. The molecule has 4 aliphatic rings. The molecule has 1 spiro atoms. The molecule has 0 saturated carbocycles. The lowest BCUT2D eigenvalue weighted by atomic mass is 9.77. The van der Waals surface area contributed by atoms with E-state index in [1.54, 1.807) is 4.90 Å². The predicted octanol–water partition coefficient (Wildman–Crippen LogP) is 1.04. The Bertz CT molecular complexity index is 795. The van der Waals surface area contributed by atoms with Crippen molar-refractivity contribution in [1.82, 2.24) is 9.80 Å². The SMILES string of the molecule is CCCC(C)N1CC=C[C@]23O[C@H]4C=CCCOC(=O)[C@H]4[C@H]2C(=O)N(CCCO)C3C1=O. The molecule has 0 aromatic carbocycles. The first kappa shape index (κ1) is 22.0. The number of amides is 2. The van der Waals surface area contributed by atoms with Crippen LogP contribution in [0.2, 0.25) is 0 Å². The number of fused-ring (bicyclic) bond motifs is 2. The Balaban J connectivity index is 1.78. The number of cyclic esters (lactones) is 1. The van der Waals surface area contributed by atoms with Crippen molar-refractivity contribution in [2.24, 2.45) is 11.8 Å². The van der Waals surface area contributed by atoms with Crippen LogP contribution in [-0.2, 0) is 23.9 Å². The molecule has 31 heavy (non-hydrogen) atoms. The number of carbonyl (C=O) groups is 3. The summed E-state index contributed by atoms with van der Waals surface area (Å²) in [4.78, 5) is 43.7. The number of esters is 1. The summed E-state index contributed by atoms with van der Waals surface area (Å²) >= 11 is 0. The maximum Gasteiger partial charge on any atom is 0.312 e. The number of hydrogen-bond donors (Lipinski definition) is 1. The van der Waals surface area contributed by atoms with Gasteiger partial charge >= 0.3 is 5.97 Å². The fraction of sp³-hybridized carbons (Fsp3) is 0.696. The topological polar surface area (TPSA) is 96.4 Å². The van der Waals surface area contributed by atoms with E-state index in [1.807, 2.05) is 31.2 Å². The van der Waals surface area contributed by atoms with E-state index in [-0.39, 0.29) is 37.6 Å². The standard InChI is InChI=1S/C23H32N2O6/c1-3-8-15(2)24-11-6-10-23-18(17-16(31-23)9-4-5-14-30-22(17)29)20(27)25(12-7-13-26)19(23)21(24)28/h4,6,9-10,15-19,26H,3,5,7-8,11-14H2,1-2H3/t15?,16-,17+,18-,19?,23-/m0/s1. The molecule has 0 aliphatic carbocycles. The Labute approximate surface area is 182 Å². The third-order valence-corrected chi connectivity index (χ3v) is 6.95. The number of rotatable bonds is 6. The van der Waals surface area contributed by atoms with E-state index >= 15 is 0 Å². The van der Waals surface area contributed by atoms with Crippen molar-refractivity contribution in [3.8, 4) is 0 Å². The van der Waals surface area contributed by atoms with Gasteiger partial charge in [0.15, 0.2) is 0 Å². The maximum absolute atomic E-state index is 13.8. The first-order chi connectivity index (χ1) is 15.0. The fourth-order valence-corrected chi connectivity index (χ4v) is 5.58. The third kappa shape index (κ3) is 3.49. The van der Waals surface area contributed by atoms with Crippen LogP contribution in [-0.4, -0.2) is 82.8 Å². The largest absolute Gasteiger partial charge is 0.465 e. The summed E-state index contributed by atoms with van der Waals surface area (Å²) in [6, 6.07) is -0.838. The Morgan fingerprint density at radius 1 is 1.26 bits per heavy atom. The molecular formula is C23H32N2O6. The van der Waals surface area contributed by atoms with Gasteiger partial charge in [0.1, 0.15) is 17.6 Å². The van der Waals surface area contributed by atoms with E-state index in [1.165, 1.54) is 4.90 Å². The van der Waals surface area contributed by atoms with Gasteiger partial charge in [0.25, 0.3) is 0 Å². The second-order valence-electron chi connectivity index (χ2n) is 8.87. The zero-order valence-corrected chi connectivity index (χ0v) is 18.2. The number of ether oxygens (including phenoxy) is 2.